The van der Waals surface area contributed by atoms with E-state index in [1.54, 1.807) is 6.20 Å². The number of unbranched alkanes of at least 4 members (excludes halogenated alkanes) is 1. The van der Waals surface area contributed by atoms with E-state index < -0.39 is 0 Å². The summed E-state index contributed by atoms with van der Waals surface area (Å²) in [5.74, 6) is 0. The lowest BCUT2D eigenvalue weighted by Crippen LogP contribution is -2.27. The van der Waals surface area contributed by atoms with Gasteiger partial charge in [-0.1, -0.05) is 38.8 Å². The number of anilines is 1. The van der Waals surface area contributed by atoms with Gasteiger partial charge in [0.25, 0.3) is 5.56 Å². The zero-order chi connectivity index (χ0) is 15.2. The molecule has 0 aliphatic carbocycles. The van der Waals surface area contributed by atoms with Gasteiger partial charge >= 0.3 is 0 Å². The van der Waals surface area contributed by atoms with Crippen molar-refractivity contribution in [3.63, 3.8) is 0 Å². The maximum atomic E-state index is 12.0. The molecule has 1 rings (SSSR count). The molecule has 0 spiro atoms. The molecule has 1 aromatic rings. The van der Waals surface area contributed by atoms with Crippen molar-refractivity contribution >= 4 is 17.3 Å². The second kappa shape index (κ2) is 7.64. The Bertz CT molecular complexity index is 486. The van der Waals surface area contributed by atoms with Crippen LogP contribution in [0.15, 0.2) is 11.0 Å². The van der Waals surface area contributed by atoms with Crippen molar-refractivity contribution in [2.45, 2.75) is 46.6 Å². The summed E-state index contributed by atoms with van der Waals surface area (Å²) in [6.07, 6.45) is 4.17. The zero-order valence-corrected chi connectivity index (χ0v) is 13.2. The monoisotopic (exact) mass is 301 g/mol. The Morgan fingerprint density at radius 2 is 2.20 bits per heavy atom. The van der Waals surface area contributed by atoms with Crippen molar-refractivity contribution in [3.05, 3.63) is 21.6 Å². The molecular formula is C14H24ClN3O2. The summed E-state index contributed by atoms with van der Waals surface area (Å²) < 4.78 is 1.40. The van der Waals surface area contributed by atoms with Crippen molar-refractivity contribution in [1.82, 2.24) is 9.78 Å². The van der Waals surface area contributed by atoms with Crippen LogP contribution in [0.3, 0.4) is 0 Å². The zero-order valence-electron chi connectivity index (χ0n) is 12.4. The lowest BCUT2D eigenvalue weighted by atomic mass is 9.90. The highest BCUT2D eigenvalue weighted by atomic mass is 35.5. The topological polar surface area (TPSA) is 67.2 Å². The molecule has 20 heavy (non-hydrogen) atoms. The van der Waals surface area contributed by atoms with Crippen molar-refractivity contribution in [1.29, 1.82) is 0 Å². The maximum absolute atomic E-state index is 12.0. The van der Waals surface area contributed by atoms with Gasteiger partial charge in [-0.25, -0.2) is 4.68 Å². The molecule has 0 radical (unpaired) electrons. The summed E-state index contributed by atoms with van der Waals surface area (Å²) in [4.78, 5) is 12.0. The minimum atomic E-state index is -0.259. The van der Waals surface area contributed by atoms with Crippen molar-refractivity contribution in [2.75, 3.05) is 18.5 Å². The number of nitrogens with one attached hydrogen (secondary N) is 1. The van der Waals surface area contributed by atoms with E-state index in [1.165, 1.54) is 4.68 Å². The minimum absolute atomic E-state index is 0.0743. The normalized spacial score (nSPS) is 11.7. The number of halogens is 1. The molecule has 2 N–H and O–H groups in total. The minimum Gasteiger partial charge on any atom is -0.396 e. The van der Waals surface area contributed by atoms with Gasteiger partial charge in [0.15, 0.2) is 0 Å². The maximum Gasteiger partial charge on any atom is 0.287 e. The van der Waals surface area contributed by atoms with Crippen LogP contribution in [0.25, 0.3) is 0 Å². The molecule has 0 aromatic carbocycles. The molecule has 1 heterocycles. The fraction of sp³-hybridized carbons (Fsp3) is 0.714. The molecule has 0 saturated carbocycles. The number of aliphatic hydroxyl groups excluding tert-OH is 1. The van der Waals surface area contributed by atoms with Crippen LogP contribution in [0.4, 0.5) is 5.69 Å². The van der Waals surface area contributed by atoms with Crippen molar-refractivity contribution in [2.24, 2.45) is 5.41 Å². The highest BCUT2D eigenvalue weighted by Crippen LogP contribution is 2.22. The third-order valence-corrected chi connectivity index (χ3v) is 3.62. The van der Waals surface area contributed by atoms with E-state index >= 15 is 0 Å². The van der Waals surface area contributed by atoms with Gasteiger partial charge < -0.3 is 10.4 Å². The van der Waals surface area contributed by atoms with Crippen molar-refractivity contribution < 1.29 is 5.11 Å². The Morgan fingerprint density at radius 1 is 1.50 bits per heavy atom. The molecule has 6 heteroatoms. The molecule has 0 aliphatic rings. The van der Waals surface area contributed by atoms with Crippen molar-refractivity contribution in [3.8, 4) is 0 Å². The van der Waals surface area contributed by atoms with Gasteiger partial charge in [-0.05, 0) is 18.3 Å². The summed E-state index contributed by atoms with van der Waals surface area (Å²) in [5, 5.41) is 16.4. The lowest BCUT2D eigenvalue weighted by molar-refractivity contribution is 0.220. The van der Waals surface area contributed by atoms with E-state index in [2.05, 4.69) is 17.3 Å². The van der Waals surface area contributed by atoms with Gasteiger partial charge in [0.1, 0.15) is 5.02 Å². The first-order valence-electron chi connectivity index (χ1n) is 7.01. The molecule has 0 saturated heterocycles. The predicted molar refractivity (Wildman–Crippen MR) is 82.4 cm³/mol. The number of aromatic nitrogens is 2. The average Bonchev–Trinajstić information content (AvgIpc) is 2.39. The van der Waals surface area contributed by atoms with Gasteiger partial charge in [-0.15, -0.1) is 0 Å². The Labute approximate surface area is 125 Å². The van der Waals surface area contributed by atoms with Crippen LogP contribution in [-0.4, -0.2) is 28.0 Å². The molecule has 0 aliphatic heterocycles. The predicted octanol–water partition coefficient (Wildman–Crippen LogP) is 2.52. The van der Waals surface area contributed by atoms with Gasteiger partial charge in [0, 0.05) is 19.7 Å². The number of aliphatic hydroxyl groups is 1. The molecular weight excluding hydrogens is 278 g/mol. The Morgan fingerprint density at radius 3 is 2.80 bits per heavy atom. The highest BCUT2D eigenvalue weighted by molar-refractivity contribution is 6.32. The molecule has 0 unspecified atom stereocenters. The lowest BCUT2D eigenvalue weighted by Gasteiger charge is -2.24. The Kier molecular flexibility index (Phi) is 6.49. The van der Waals surface area contributed by atoms with Crippen LogP contribution >= 0.6 is 11.6 Å². The first-order chi connectivity index (χ1) is 9.41. The van der Waals surface area contributed by atoms with Crippen LogP contribution in [-0.2, 0) is 6.54 Å². The fourth-order valence-electron chi connectivity index (χ4n) is 1.78. The standard InChI is InChI=1S/C14H24ClN3O2/c1-4-5-7-18-13(20)12(15)11(9-17-18)16-10-14(2,3)6-8-19/h9,16,19H,4-8,10H2,1-3H3. The Balaban J connectivity index is 2.78. The summed E-state index contributed by atoms with van der Waals surface area (Å²) in [5.41, 5.74) is 0.218. The second-order valence-corrected chi connectivity index (χ2v) is 6.12. The van der Waals surface area contributed by atoms with Crippen LogP contribution < -0.4 is 10.9 Å². The van der Waals surface area contributed by atoms with E-state index in [4.69, 9.17) is 16.7 Å². The molecule has 0 amide bonds. The number of aryl methyl sites for hydroxylation is 1. The average molecular weight is 302 g/mol. The number of nitrogens with zero attached hydrogens (tertiary/aromatic N) is 2. The summed E-state index contributed by atoms with van der Waals surface area (Å²) in [7, 11) is 0. The van der Waals surface area contributed by atoms with E-state index in [0.717, 1.165) is 12.8 Å². The van der Waals surface area contributed by atoms with Crippen LogP contribution in [0, 0.1) is 5.41 Å². The van der Waals surface area contributed by atoms with Gasteiger partial charge in [-0.3, -0.25) is 4.79 Å². The van der Waals surface area contributed by atoms with E-state index in [9.17, 15) is 4.79 Å². The summed E-state index contributed by atoms with van der Waals surface area (Å²) in [6.45, 7) is 7.49. The van der Waals surface area contributed by atoms with Crippen LogP contribution in [0.2, 0.25) is 5.02 Å². The number of rotatable bonds is 8. The van der Waals surface area contributed by atoms with Crippen LogP contribution in [0.1, 0.15) is 40.0 Å². The van der Waals surface area contributed by atoms with E-state index in [-0.39, 0.29) is 22.6 Å². The van der Waals surface area contributed by atoms with Gasteiger partial charge in [0.2, 0.25) is 0 Å². The van der Waals surface area contributed by atoms with Crippen LogP contribution in [0.5, 0.6) is 0 Å². The molecule has 1 aromatic heterocycles. The third kappa shape index (κ3) is 4.80. The highest BCUT2D eigenvalue weighted by Gasteiger charge is 2.18. The number of hydrogen-bond acceptors (Lipinski definition) is 4. The Hall–Kier alpha value is -1.07. The smallest absolute Gasteiger partial charge is 0.287 e. The largest absolute Gasteiger partial charge is 0.396 e. The second-order valence-electron chi connectivity index (χ2n) is 5.75. The van der Waals surface area contributed by atoms with Gasteiger partial charge in [0.05, 0.1) is 11.9 Å². The van der Waals surface area contributed by atoms with Gasteiger partial charge in [-0.2, -0.15) is 5.10 Å². The molecule has 114 valence electrons. The van der Waals surface area contributed by atoms with E-state index in [0.29, 0.717) is 25.2 Å². The molecule has 5 nitrogen and oxygen atoms in total. The molecule has 0 fully saturated rings. The number of hydrogen-bond donors (Lipinski definition) is 2. The first kappa shape index (κ1) is 17.0. The molecule has 0 atom stereocenters. The summed E-state index contributed by atoms with van der Waals surface area (Å²) in [6, 6.07) is 0. The SMILES string of the molecule is CCCCn1ncc(NCC(C)(C)CCO)c(Cl)c1=O. The first-order valence-corrected chi connectivity index (χ1v) is 7.39. The third-order valence-electron chi connectivity index (χ3n) is 3.25. The molecule has 0 bridgehead atoms. The fourth-order valence-corrected chi connectivity index (χ4v) is 1.99. The quantitative estimate of drug-likeness (QED) is 0.774. The van der Waals surface area contributed by atoms with E-state index in [1.807, 2.05) is 13.8 Å². The summed E-state index contributed by atoms with van der Waals surface area (Å²) >= 11 is 6.10.